The molecule has 138 valence electrons. The van der Waals surface area contributed by atoms with Gasteiger partial charge in [-0.3, -0.25) is 9.89 Å². The highest BCUT2D eigenvalue weighted by Gasteiger charge is 2.18. The molecule has 0 radical (unpaired) electrons. The van der Waals surface area contributed by atoms with Crippen LogP contribution in [0.5, 0.6) is 0 Å². The van der Waals surface area contributed by atoms with Crippen LogP contribution >= 0.6 is 0 Å². The van der Waals surface area contributed by atoms with Crippen molar-refractivity contribution in [1.29, 1.82) is 0 Å². The maximum atomic E-state index is 4.40. The molecule has 0 bridgehead atoms. The summed E-state index contributed by atoms with van der Waals surface area (Å²) >= 11 is 0. The first kappa shape index (κ1) is 18.2. The number of likely N-dealkylation sites (tertiary alicyclic amines) is 1. The van der Waals surface area contributed by atoms with Crippen molar-refractivity contribution in [1.82, 2.24) is 15.5 Å². The molecule has 0 atom stereocenters. The second-order valence-electron chi connectivity index (χ2n) is 7.78. The summed E-state index contributed by atoms with van der Waals surface area (Å²) in [5.41, 5.74) is 2.83. The molecule has 25 heavy (non-hydrogen) atoms. The minimum absolute atomic E-state index is 0.594. The van der Waals surface area contributed by atoms with E-state index in [0.29, 0.717) is 6.04 Å². The largest absolute Gasteiger partial charge is 0.354 e. The third kappa shape index (κ3) is 5.46. The van der Waals surface area contributed by atoms with Crippen LogP contribution in [0.3, 0.4) is 0 Å². The standard InChI is InChI=1S/C21H34N4/c1-17-11-13-25(14-12-17)16-19-8-4-3-7-18(19)15-23-21(22-2)24-20-9-5-6-10-20/h3-4,7-8,17,20H,5-6,9-16H2,1-2H3,(H2,22,23,24). The number of aliphatic imine (C=N–C) groups is 1. The van der Waals surface area contributed by atoms with Gasteiger partial charge in [0.2, 0.25) is 0 Å². The molecule has 1 aromatic rings. The Morgan fingerprint density at radius 2 is 1.76 bits per heavy atom. The van der Waals surface area contributed by atoms with Crippen LogP contribution in [0.4, 0.5) is 0 Å². The third-order valence-electron chi connectivity index (χ3n) is 5.75. The summed E-state index contributed by atoms with van der Waals surface area (Å²) in [6, 6.07) is 9.43. The lowest BCUT2D eigenvalue weighted by Gasteiger charge is -2.30. The van der Waals surface area contributed by atoms with Gasteiger partial charge in [-0.25, -0.2) is 0 Å². The fourth-order valence-electron chi connectivity index (χ4n) is 3.98. The molecular formula is C21H34N4. The number of nitrogens with zero attached hydrogens (tertiary/aromatic N) is 2. The SMILES string of the molecule is CN=C(NCc1ccccc1CN1CCC(C)CC1)NC1CCCC1. The Labute approximate surface area is 153 Å². The average molecular weight is 343 g/mol. The molecule has 1 aliphatic heterocycles. The van der Waals surface area contributed by atoms with E-state index in [4.69, 9.17) is 0 Å². The molecule has 4 heteroatoms. The lowest BCUT2D eigenvalue weighted by Crippen LogP contribution is -2.42. The zero-order valence-corrected chi connectivity index (χ0v) is 15.9. The van der Waals surface area contributed by atoms with Crippen LogP contribution in [0.15, 0.2) is 29.3 Å². The molecule has 0 amide bonds. The van der Waals surface area contributed by atoms with Gasteiger partial charge in [0.1, 0.15) is 0 Å². The lowest BCUT2D eigenvalue weighted by molar-refractivity contribution is 0.185. The van der Waals surface area contributed by atoms with E-state index in [1.807, 2.05) is 7.05 Å². The minimum atomic E-state index is 0.594. The highest BCUT2D eigenvalue weighted by atomic mass is 15.2. The van der Waals surface area contributed by atoms with Crippen molar-refractivity contribution in [3.63, 3.8) is 0 Å². The first-order valence-electron chi connectivity index (χ1n) is 10.0. The van der Waals surface area contributed by atoms with E-state index in [1.54, 1.807) is 0 Å². The molecule has 1 saturated carbocycles. The molecule has 1 saturated heterocycles. The molecule has 0 aromatic heterocycles. The molecule has 2 fully saturated rings. The summed E-state index contributed by atoms with van der Waals surface area (Å²) < 4.78 is 0. The van der Waals surface area contributed by atoms with Crippen molar-refractivity contribution in [3.05, 3.63) is 35.4 Å². The third-order valence-corrected chi connectivity index (χ3v) is 5.75. The Morgan fingerprint density at radius 3 is 2.44 bits per heavy atom. The van der Waals surface area contributed by atoms with Gasteiger partial charge in [0.15, 0.2) is 5.96 Å². The Hall–Kier alpha value is -1.55. The predicted octanol–water partition coefficient (Wildman–Crippen LogP) is 3.53. The Balaban J connectivity index is 1.54. The molecule has 1 aromatic carbocycles. The second-order valence-corrected chi connectivity index (χ2v) is 7.78. The molecule has 1 aliphatic carbocycles. The van der Waals surface area contributed by atoms with Crippen LogP contribution in [0.1, 0.15) is 56.6 Å². The Morgan fingerprint density at radius 1 is 1.08 bits per heavy atom. The molecule has 3 rings (SSSR count). The van der Waals surface area contributed by atoms with Gasteiger partial charge in [-0.15, -0.1) is 0 Å². The van der Waals surface area contributed by atoms with Crippen LogP contribution in [0.25, 0.3) is 0 Å². The predicted molar refractivity (Wildman–Crippen MR) is 106 cm³/mol. The molecule has 2 aliphatic rings. The van der Waals surface area contributed by atoms with Gasteiger partial charge >= 0.3 is 0 Å². The van der Waals surface area contributed by atoms with E-state index in [9.17, 15) is 0 Å². The summed E-state index contributed by atoms with van der Waals surface area (Å²) in [4.78, 5) is 7.01. The molecule has 0 spiro atoms. The lowest BCUT2D eigenvalue weighted by atomic mass is 9.98. The maximum absolute atomic E-state index is 4.40. The van der Waals surface area contributed by atoms with Crippen molar-refractivity contribution in [2.24, 2.45) is 10.9 Å². The second kappa shape index (κ2) is 9.23. The van der Waals surface area contributed by atoms with E-state index in [2.05, 4.69) is 51.7 Å². The molecule has 1 heterocycles. The van der Waals surface area contributed by atoms with E-state index in [-0.39, 0.29) is 0 Å². The summed E-state index contributed by atoms with van der Waals surface area (Å²) in [6.45, 7) is 6.74. The average Bonchev–Trinajstić information content (AvgIpc) is 3.15. The summed E-state index contributed by atoms with van der Waals surface area (Å²) in [5.74, 6) is 1.83. The number of guanidine groups is 1. The van der Waals surface area contributed by atoms with Gasteiger partial charge in [0.05, 0.1) is 0 Å². The molecular weight excluding hydrogens is 308 g/mol. The first-order chi connectivity index (χ1) is 12.2. The van der Waals surface area contributed by atoms with Crippen LogP contribution in [-0.2, 0) is 13.1 Å². The number of nitrogens with one attached hydrogen (secondary N) is 2. The van der Waals surface area contributed by atoms with Crippen LogP contribution in [-0.4, -0.2) is 37.0 Å². The summed E-state index contributed by atoms with van der Waals surface area (Å²) in [7, 11) is 1.87. The molecule has 4 nitrogen and oxygen atoms in total. The monoisotopic (exact) mass is 342 g/mol. The van der Waals surface area contributed by atoms with Crippen LogP contribution in [0, 0.1) is 5.92 Å². The smallest absolute Gasteiger partial charge is 0.191 e. The topological polar surface area (TPSA) is 39.7 Å². The Kier molecular flexibility index (Phi) is 6.74. The van der Waals surface area contributed by atoms with Gasteiger partial charge in [-0.2, -0.15) is 0 Å². The van der Waals surface area contributed by atoms with Gasteiger partial charge in [0, 0.05) is 26.2 Å². The van der Waals surface area contributed by atoms with E-state index >= 15 is 0 Å². The van der Waals surface area contributed by atoms with Crippen LogP contribution in [0.2, 0.25) is 0 Å². The van der Waals surface area contributed by atoms with Crippen molar-refractivity contribution >= 4 is 5.96 Å². The van der Waals surface area contributed by atoms with Crippen molar-refractivity contribution in [2.45, 2.75) is 64.6 Å². The van der Waals surface area contributed by atoms with Crippen LogP contribution < -0.4 is 10.6 Å². The number of piperidine rings is 1. The van der Waals surface area contributed by atoms with Gasteiger partial charge < -0.3 is 10.6 Å². The van der Waals surface area contributed by atoms with Gasteiger partial charge in [0.25, 0.3) is 0 Å². The fourth-order valence-corrected chi connectivity index (χ4v) is 3.98. The highest BCUT2D eigenvalue weighted by molar-refractivity contribution is 5.80. The zero-order valence-electron chi connectivity index (χ0n) is 15.9. The highest BCUT2D eigenvalue weighted by Crippen LogP contribution is 2.20. The molecule has 2 N–H and O–H groups in total. The van der Waals surface area contributed by atoms with Gasteiger partial charge in [-0.1, -0.05) is 44.0 Å². The first-order valence-corrected chi connectivity index (χ1v) is 10.0. The number of rotatable bonds is 5. The van der Waals surface area contributed by atoms with Crippen molar-refractivity contribution in [3.8, 4) is 0 Å². The Bertz CT molecular complexity index is 555. The van der Waals surface area contributed by atoms with Crippen molar-refractivity contribution < 1.29 is 0 Å². The van der Waals surface area contributed by atoms with E-state index < -0.39 is 0 Å². The number of hydrogen-bond acceptors (Lipinski definition) is 2. The summed E-state index contributed by atoms with van der Waals surface area (Å²) in [6.07, 6.45) is 7.88. The van der Waals surface area contributed by atoms with Gasteiger partial charge in [-0.05, 0) is 55.8 Å². The number of benzene rings is 1. The maximum Gasteiger partial charge on any atom is 0.191 e. The quantitative estimate of drug-likeness (QED) is 0.635. The van der Waals surface area contributed by atoms with E-state index in [0.717, 1.165) is 25.0 Å². The molecule has 0 unspecified atom stereocenters. The number of hydrogen-bond donors (Lipinski definition) is 2. The minimum Gasteiger partial charge on any atom is -0.354 e. The normalized spacial score (nSPS) is 20.8. The summed E-state index contributed by atoms with van der Waals surface area (Å²) in [5, 5.41) is 7.09. The van der Waals surface area contributed by atoms with Crippen molar-refractivity contribution in [2.75, 3.05) is 20.1 Å². The fraction of sp³-hybridized carbons (Fsp3) is 0.667. The zero-order chi connectivity index (χ0) is 17.5. The van der Waals surface area contributed by atoms with E-state index in [1.165, 1.54) is 62.7 Å².